The summed E-state index contributed by atoms with van der Waals surface area (Å²) in [5, 5.41) is 15.1. The molecule has 0 radical (unpaired) electrons. The summed E-state index contributed by atoms with van der Waals surface area (Å²) in [4.78, 5) is 39.4. The number of tetrazole rings is 1. The molecule has 0 bridgehead atoms. The molecule has 0 aliphatic rings. The number of benzene rings is 3. The molecule has 40 heavy (non-hydrogen) atoms. The molecule has 1 amide bonds. The summed E-state index contributed by atoms with van der Waals surface area (Å²) in [6.07, 6.45) is -1.22. The van der Waals surface area contributed by atoms with Crippen LogP contribution < -0.4 is 5.32 Å². The molecular weight excluding hydrogens is 510 g/mol. The Bertz CT molecular complexity index is 1450. The highest BCUT2D eigenvalue weighted by atomic mass is 16.6. The van der Waals surface area contributed by atoms with Crippen LogP contribution in [0.1, 0.15) is 32.8 Å². The highest BCUT2D eigenvalue weighted by molar-refractivity contribution is 5.91. The van der Waals surface area contributed by atoms with Gasteiger partial charge >= 0.3 is 12.1 Å². The molecule has 4 rings (SSSR count). The number of amides is 1. The maximum atomic E-state index is 13.3. The van der Waals surface area contributed by atoms with Gasteiger partial charge in [0.2, 0.25) is 5.82 Å². The fourth-order valence-corrected chi connectivity index (χ4v) is 3.92. The molecule has 4 aromatic rings. The number of aromatic nitrogens is 4. The Morgan fingerprint density at radius 1 is 0.875 bits per heavy atom. The second-order valence-corrected chi connectivity index (χ2v) is 10.1. The van der Waals surface area contributed by atoms with Crippen molar-refractivity contribution in [3.8, 4) is 22.5 Å². The van der Waals surface area contributed by atoms with E-state index in [4.69, 9.17) is 9.47 Å². The first-order valence-corrected chi connectivity index (χ1v) is 12.8. The summed E-state index contributed by atoms with van der Waals surface area (Å²) in [5.74, 6) is -0.813. The van der Waals surface area contributed by atoms with Gasteiger partial charge in [0.15, 0.2) is 5.78 Å². The second kappa shape index (κ2) is 12.8. The van der Waals surface area contributed by atoms with Gasteiger partial charge in [0.1, 0.15) is 24.8 Å². The van der Waals surface area contributed by atoms with Crippen LogP contribution in [0.4, 0.5) is 4.79 Å². The van der Waals surface area contributed by atoms with Crippen molar-refractivity contribution < 1.29 is 23.9 Å². The van der Waals surface area contributed by atoms with Crippen LogP contribution in [0.2, 0.25) is 0 Å². The van der Waals surface area contributed by atoms with Crippen molar-refractivity contribution in [2.75, 3.05) is 0 Å². The van der Waals surface area contributed by atoms with Gasteiger partial charge in [-0.05, 0) is 42.7 Å². The Balaban J connectivity index is 1.48. The predicted molar refractivity (Wildman–Crippen MR) is 148 cm³/mol. The molecule has 0 saturated heterocycles. The van der Waals surface area contributed by atoms with Crippen molar-refractivity contribution >= 4 is 17.8 Å². The van der Waals surface area contributed by atoms with E-state index in [9.17, 15) is 14.4 Å². The van der Waals surface area contributed by atoms with Crippen molar-refractivity contribution in [1.29, 1.82) is 0 Å². The largest absolute Gasteiger partial charge is 0.460 e. The minimum atomic E-state index is -1.22. The van der Waals surface area contributed by atoms with Crippen molar-refractivity contribution in [2.45, 2.75) is 52.0 Å². The third-order valence-corrected chi connectivity index (χ3v) is 5.69. The fraction of sp³-hybridized carbons (Fsp3) is 0.267. The quantitative estimate of drug-likeness (QED) is 0.289. The van der Waals surface area contributed by atoms with E-state index in [1.807, 2.05) is 72.8 Å². The van der Waals surface area contributed by atoms with Crippen molar-refractivity contribution in [1.82, 2.24) is 25.5 Å². The molecule has 10 nitrogen and oxygen atoms in total. The highest BCUT2D eigenvalue weighted by Crippen LogP contribution is 2.29. The molecule has 0 saturated carbocycles. The van der Waals surface area contributed by atoms with Crippen LogP contribution in [0.3, 0.4) is 0 Å². The van der Waals surface area contributed by atoms with Crippen LogP contribution in [0.5, 0.6) is 0 Å². The van der Waals surface area contributed by atoms with Crippen molar-refractivity contribution in [3.63, 3.8) is 0 Å². The van der Waals surface area contributed by atoms with Crippen molar-refractivity contribution in [2.24, 2.45) is 0 Å². The van der Waals surface area contributed by atoms with E-state index in [-0.39, 0.29) is 19.6 Å². The van der Waals surface area contributed by atoms with Crippen LogP contribution in [-0.4, -0.2) is 49.7 Å². The lowest BCUT2D eigenvalue weighted by Gasteiger charge is -2.22. The number of nitrogens with one attached hydrogen (secondary N) is 1. The number of ether oxygens (including phenoxy) is 2. The number of esters is 1. The second-order valence-electron chi connectivity index (χ2n) is 10.1. The van der Waals surface area contributed by atoms with Gasteiger partial charge in [-0.2, -0.15) is 4.80 Å². The van der Waals surface area contributed by atoms with Gasteiger partial charge in [0.25, 0.3) is 0 Å². The number of carbonyl (C=O) groups is 3. The maximum Gasteiger partial charge on any atom is 0.408 e. The molecule has 1 heterocycles. The molecule has 0 fully saturated rings. The molecular formula is C30H31N5O5. The summed E-state index contributed by atoms with van der Waals surface area (Å²) in [7, 11) is 0. The highest BCUT2D eigenvalue weighted by Gasteiger charge is 2.28. The first kappa shape index (κ1) is 28.2. The molecule has 206 valence electrons. The zero-order valence-electron chi connectivity index (χ0n) is 22.6. The maximum absolute atomic E-state index is 13.3. The summed E-state index contributed by atoms with van der Waals surface area (Å²) in [6.45, 7) is 4.84. The molecule has 0 spiro atoms. The van der Waals surface area contributed by atoms with E-state index in [2.05, 4.69) is 20.7 Å². The van der Waals surface area contributed by atoms with Crippen LogP contribution in [-0.2, 0) is 32.2 Å². The zero-order valence-corrected chi connectivity index (χ0v) is 22.6. The lowest BCUT2D eigenvalue weighted by Crippen LogP contribution is -2.45. The monoisotopic (exact) mass is 541 g/mol. The Kier molecular flexibility index (Phi) is 9.00. The Morgan fingerprint density at radius 3 is 2.17 bits per heavy atom. The van der Waals surface area contributed by atoms with Gasteiger partial charge in [-0.1, -0.05) is 84.9 Å². The first-order chi connectivity index (χ1) is 19.2. The standard InChI is InChI=1S/C30H31N5O5/c1-30(2,3)40-27(37)18-25(31-29(38)39-20-21-12-6-4-7-13-21)26(36)19-35-33-28(32-34-35)24-17-11-10-16-23(24)22-14-8-5-9-15-22/h4-17,25H,18-20H2,1-3H3,(H,31,38). The Morgan fingerprint density at radius 2 is 1.50 bits per heavy atom. The van der Waals surface area contributed by atoms with Crippen LogP contribution in [0.25, 0.3) is 22.5 Å². The predicted octanol–water partition coefficient (Wildman–Crippen LogP) is 4.60. The van der Waals surface area contributed by atoms with Gasteiger partial charge in [-0.3, -0.25) is 9.59 Å². The molecule has 10 heteroatoms. The number of hydrogen-bond acceptors (Lipinski definition) is 8. The number of alkyl carbamates (subject to hydrolysis) is 1. The SMILES string of the molecule is CC(C)(C)OC(=O)CC(NC(=O)OCc1ccccc1)C(=O)Cn1nnc(-c2ccccc2-c2ccccc2)n1. The summed E-state index contributed by atoms with van der Waals surface area (Å²) in [5.41, 5.74) is 2.68. The number of carbonyl (C=O) groups excluding carboxylic acids is 3. The topological polar surface area (TPSA) is 125 Å². The normalized spacial score (nSPS) is 11.9. The minimum absolute atomic E-state index is 0.00877. The van der Waals surface area contributed by atoms with Gasteiger partial charge in [0.05, 0.1) is 6.42 Å². The molecule has 1 aromatic heterocycles. The van der Waals surface area contributed by atoms with Gasteiger partial charge < -0.3 is 14.8 Å². The van der Waals surface area contributed by atoms with E-state index in [0.29, 0.717) is 5.82 Å². The Hall–Kier alpha value is -4.86. The smallest absolute Gasteiger partial charge is 0.408 e. The lowest BCUT2D eigenvalue weighted by atomic mass is 9.99. The molecule has 3 aromatic carbocycles. The Labute approximate surface area is 232 Å². The molecule has 0 aliphatic heterocycles. The average Bonchev–Trinajstić information content (AvgIpc) is 3.40. The molecule has 1 N–H and O–H groups in total. The average molecular weight is 542 g/mol. The fourth-order valence-electron chi connectivity index (χ4n) is 3.92. The lowest BCUT2D eigenvalue weighted by molar-refractivity contribution is -0.156. The van der Waals surface area contributed by atoms with E-state index < -0.39 is 29.5 Å². The number of ketones is 1. The van der Waals surface area contributed by atoms with Crippen molar-refractivity contribution in [3.05, 3.63) is 90.5 Å². The zero-order chi connectivity index (χ0) is 28.5. The summed E-state index contributed by atoms with van der Waals surface area (Å²) >= 11 is 0. The van der Waals surface area contributed by atoms with Crippen LogP contribution >= 0.6 is 0 Å². The third-order valence-electron chi connectivity index (χ3n) is 5.69. The molecule has 1 unspecified atom stereocenters. The van der Waals surface area contributed by atoms with Gasteiger partial charge in [0, 0.05) is 5.56 Å². The van der Waals surface area contributed by atoms with E-state index >= 15 is 0 Å². The van der Waals surface area contributed by atoms with Crippen LogP contribution in [0, 0.1) is 0 Å². The molecule has 1 atom stereocenters. The number of rotatable bonds is 10. The number of hydrogen-bond donors (Lipinski definition) is 1. The van der Waals surface area contributed by atoms with E-state index in [1.54, 1.807) is 32.9 Å². The number of nitrogens with zero attached hydrogens (tertiary/aromatic N) is 4. The van der Waals surface area contributed by atoms with E-state index in [0.717, 1.165) is 27.1 Å². The first-order valence-electron chi connectivity index (χ1n) is 12.8. The minimum Gasteiger partial charge on any atom is -0.460 e. The number of Topliss-reactive ketones (excluding diaryl/α,β-unsaturated/α-hetero) is 1. The van der Waals surface area contributed by atoms with E-state index in [1.165, 1.54) is 0 Å². The third kappa shape index (κ3) is 8.07. The van der Waals surface area contributed by atoms with Crippen LogP contribution in [0.15, 0.2) is 84.9 Å². The molecule has 0 aliphatic carbocycles. The summed E-state index contributed by atoms with van der Waals surface area (Å²) < 4.78 is 10.6. The summed E-state index contributed by atoms with van der Waals surface area (Å²) in [6, 6.07) is 25.3. The van der Waals surface area contributed by atoms with Gasteiger partial charge in [-0.15, -0.1) is 10.2 Å². The van der Waals surface area contributed by atoms with Gasteiger partial charge in [-0.25, -0.2) is 4.79 Å².